The molecule has 0 spiro atoms. The summed E-state index contributed by atoms with van der Waals surface area (Å²) in [6, 6.07) is 0. The highest BCUT2D eigenvalue weighted by molar-refractivity contribution is 5.76. The smallest absolute Gasteiger partial charge is 0.220 e. The van der Waals surface area contributed by atoms with Crippen molar-refractivity contribution in [3.63, 3.8) is 0 Å². The molecule has 5 nitrogen and oxygen atoms in total. The van der Waals surface area contributed by atoms with E-state index in [1.807, 2.05) is 0 Å². The van der Waals surface area contributed by atoms with Gasteiger partial charge in [0.15, 0.2) is 0 Å². The zero-order valence-electron chi connectivity index (χ0n) is 12.6. The summed E-state index contributed by atoms with van der Waals surface area (Å²) >= 11 is 0. The van der Waals surface area contributed by atoms with Crippen molar-refractivity contribution in [2.24, 2.45) is 17.6 Å². The molecule has 114 valence electrons. The summed E-state index contributed by atoms with van der Waals surface area (Å²) in [6.07, 6.45) is 2.36. The van der Waals surface area contributed by atoms with Crippen molar-refractivity contribution >= 4 is 5.91 Å². The summed E-state index contributed by atoms with van der Waals surface area (Å²) in [6.45, 7) is 7.40. The first-order valence-corrected chi connectivity index (χ1v) is 7.13. The Morgan fingerprint density at radius 2 is 2.00 bits per heavy atom. The lowest BCUT2D eigenvalue weighted by Crippen LogP contribution is -2.30. The van der Waals surface area contributed by atoms with Crippen LogP contribution < -0.4 is 11.1 Å². The van der Waals surface area contributed by atoms with Gasteiger partial charge in [-0.3, -0.25) is 4.79 Å². The zero-order chi connectivity index (χ0) is 14.5. The molecule has 0 saturated heterocycles. The van der Waals surface area contributed by atoms with E-state index in [1.165, 1.54) is 0 Å². The van der Waals surface area contributed by atoms with Gasteiger partial charge in [0.1, 0.15) is 0 Å². The van der Waals surface area contributed by atoms with Gasteiger partial charge in [-0.2, -0.15) is 0 Å². The highest BCUT2D eigenvalue weighted by Gasteiger charge is 2.13. The number of ether oxygens (including phenoxy) is 2. The Bertz CT molecular complexity index is 223. The van der Waals surface area contributed by atoms with Crippen LogP contribution in [0.1, 0.15) is 33.1 Å². The molecule has 0 heterocycles. The molecule has 0 fully saturated rings. The molecule has 5 heteroatoms. The van der Waals surface area contributed by atoms with E-state index in [0.29, 0.717) is 45.2 Å². The van der Waals surface area contributed by atoms with Crippen LogP contribution in [0.5, 0.6) is 0 Å². The topological polar surface area (TPSA) is 73.6 Å². The molecule has 1 atom stereocenters. The predicted molar refractivity (Wildman–Crippen MR) is 76.9 cm³/mol. The van der Waals surface area contributed by atoms with Gasteiger partial charge in [-0.15, -0.1) is 0 Å². The predicted octanol–water partition coefficient (Wildman–Crippen LogP) is 1.17. The van der Waals surface area contributed by atoms with Crippen molar-refractivity contribution in [1.29, 1.82) is 0 Å². The lowest BCUT2D eigenvalue weighted by molar-refractivity contribution is -0.122. The van der Waals surface area contributed by atoms with Gasteiger partial charge >= 0.3 is 0 Å². The standard InChI is InChI=1S/C14H30N2O3/c1-12(2)9-13(11-15)10-14(17)16-5-4-6-19-8-7-18-3/h12-13H,4-11,15H2,1-3H3,(H,16,17). The quantitative estimate of drug-likeness (QED) is 0.524. The average molecular weight is 274 g/mol. The molecule has 3 N–H and O–H groups in total. The van der Waals surface area contributed by atoms with Crippen LogP contribution in [0, 0.1) is 11.8 Å². The van der Waals surface area contributed by atoms with Crippen molar-refractivity contribution < 1.29 is 14.3 Å². The molecule has 0 aliphatic heterocycles. The van der Waals surface area contributed by atoms with E-state index in [9.17, 15) is 4.79 Å². The highest BCUT2D eigenvalue weighted by atomic mass is 16.5. The monoisotopic (exact) mass is 274 g/mol. The summed E-state index contributed by atoms with van der Waals surface area (Å²) in [5.41, 5.74) is 5.68. The SMILES string of the molecule is COCCOCCCNC(=O)CC(CN)CC(C)C. The lowest BCUT2D eigenvalue weighted by atomic mass is 9.94. The second-order valence-electron chi connectivity index (χ2n) is 5.24. The molecule has 0 radical (unpaired) electrons. The Morgan fingerprint density at radius 3 is 2.58 bits per heavy atom. The van der Waals surface area contributed by atoms with Gasteiger partial charge in [0, 0.05) is 26.7 Å². The van der Waals surface area contributed by atoms with Crippen LogP contribution in [-0.4, -0.2) is 45.9 Å². The summed E-state index contributed by atoms with van der Waals surface area (Å²) in [5.74, 6) is 0.960. The second-order valence-corrected chi connectivity index (χ2v) is 5.24. The number of methoxy groups -OCH3 is 1. The maximum atomic E-state index is 11.7. The normalized spacial score (nSPS) is 12.7. The fourth-order valence-electron chi connectivity index (χ4n) is 1.91. The first-order chi connectivity index (χ1) is 9.10. The number of carbonyl (C=O) groups is 1. The van der Waals surface area contributed by atoms with Gasteiger partial charge in [0.2, 0.25) is 5.91 Å². The van der Waals surface area contributed by atoms with Crippen LogP contribution in [0.3, 0.4) is 0 Å². The summed E-state index contributed by atoms with van der Waals surface area (Å²) in [7, 11) is 1.65. The largest absolute Gasteiger partial charge is 0.382 e. The number of amides is 1. The van der Waals surface area contributed by atoms with Crippen LogP contribution in [0.25, 0.3) is 0 Å². The van der Waals surface area contributed by atoms with E-state index in [4.69, 9.17) is 15.2 Å². The van der Waals surface area contributed by atoms with Crippen molar-refractivity contribution in [3.05, 3.63) is 0 Å². The number of hydrogen-bond acceptors (Lipinski definition) is 4. The van der Waals surface area contributed by atoms with E-state index in [0.717, 1.165) is 12.8 Å². The van der Waals surface area contributed by atoms with E-state index < -0.39 is 0 Å². The molecule has 0 rings (SSSR count). The molecular formula is C14H30N2O3. The average Bonchev–Trinajstić information content (AvgIpc) is 2.36. The fourth-order valence-corrected chi connectivity index (χ4v) is 1.91. The van der Waals surface area contributed by atoms with Crippen molar-refractivity contribution in [1.82, 2.24) is 5.32 Å². The minimum Gasteiger partial charge on any atom is -0.382 e. The molecule has 0 bridgehead atoms. The van der Waals surface area contributed by atoms with Gasteiger partial charge in [-0.1, -0.05) is 13.8 Å². The minimum absolute atomic E-state index is 0.0907. The Hall–Kier alpha value is -0.650. The summed E-state index contributed by atoms with van der Waals surface area (Å²) in [5, 5.41) is 2.91. The van der Waals surface area contributed by atoms with Gasteiger partial charge < -0.3 is 20.5 Å². The first-order valence-electron chi connectivity index (χ1n) is 7.13. The Labute approximate surface area is 117 Å². The zero-order valence-corrected chi connectivity index (χ0v) is 12.6. The third-order valence-electron chi connectivity index (χ3n) is 2.83. The van der Waals surface area contributed by atoms with Crippen molar-refractivity contribution in [2.45, 2.75) is 33.1 Å². The number of carbonyl (C=O) groups excluding carboxylic acids is 1. The molecule has 0 aliphatic rings. The van der Waals surface area contributed by atoms with Crippen LogP contribution in [0.4, 0.5) is 0 Å². The first kappa shape index (κ1) is 18.4. The second kappa shape index (κ2) is 12.4. The summed E-state index contributed by atoms with van der Waals surface area (Å²) in [4.78, 5) is 11.7. The molecular weight excluding hydrogens is 244 g/mol. The van der Waals surface area contributed by atoms with Crippen LogP contribution in [-0.2, 0) is 14.3 Å². The highest BCUT2D eigenvalue weighted by Crippen LogP contribution is 2.13. The summed E-state index contributed by atoms with van der Waals surface area (Å²) < 4.78 is 10.2. The molecule has 0 aromatic carbocycles. The third-order valence-corrected chi connectivity index (χ3v) is 2.83. The van der Waals surface area contributed by atoms with E-state index in [2.05, 4.69) is 19.2 Å². The molecule has 0 saturated carbocycles. The molecule has 0 aliphatic carbocycles. The minimum atomic E-state index is 0.0907. The van der Waals surface area contributed by atoms with Crippen LogP contribution in [0.15, 0.2) is 0 Å². The Balaban J connectivity index is 3.52. The van der Waals surface area contributed by atoms with Crippen molar-refractivity contribution in [2.75, 3.05) is 40.0 Å². The molecule has 0 aromatic rings. The van der Waals surface area contributed by atoms with E-state index >= 15 is 0 Å². The number of nitrogens with two attached hydrogens (primary N) is 1. The number of hydrogen-bond donors (Lipinski definition) is 2. The molecule has 0 aromatic heterocycles. The van der Waals surface area contributed by atoms with Crippen molar-refractivity contribution in [3.8, 4) is 0 Å². The van der Waals surface area contributed by atoms with Gasteiger partial charge in [-0.25, -0.2) is 0 Å². The maximum absolute atomic E-state index is 11.7. The van der Waals surface area contributed by atoms with Crippen LogP contribution >= 0.6 is 0 Å². The van der Waals surface area contributed by atoms with E-state index in [-0.39, 0.29) is 11.8 Å². The van der Waals surface area contributed by atoms with Gasteiger partial charge in [0.25, 0.3) is 0 Å². The van der Waals surface area contributed by atoms with Crippen LogP contribution in [0.2, 0.25) is 0 Å². The molecule has 1 amide bonds. The lowest BCUT2D eigenvalue weighted by Gasteiger charge is -2.16. The Morgan fingerprint density at radius 1 is 1.26 bits per heavy atom. The number of rotatable bonds is 12. The molecule has 1 unspecified atom stereocenters. The maximum Gasteiger partial charge on any atom is 0.220 e. The number of nitrogens with one attached hydrogen (secondary N) is 1. The third kappa shape index (κ3) is 12.1. The molecule has 19 heavy (non-hydrogen) atoms. The van der Waals surface area contributed by atoms with Gasteiger partial charge in [0.05, 0.1) is 13.2 Å². The fraction of sp³-hybridized carbons (Fsp3) is 0.929. The van der Waals surface area contributed by atoms with Gasteiger partial charge in [-0.05, 0) is 31.2 Å². The Kier molecular flexibility index (Phi) is 12.0. The van der Waals surface area contributed by atoms with E-state index in [1.54, 1.807) is 7.11 Å².